The number of rotatable bonds is 4. The summed E-state index contributed by atoms with van der Waals surface area (Å²) in [7, 11) is 0. The number of benzene rings is 2. The number of aromatic nitrogens is 2. The normalized spacial score (nSPS) is 10.8. The fourth-order valence-corrected chi connectivity index (χ4v) is 2.56. The largest absolute Gasteiger partial charge is 0.346 e. The van der Waals surface area contributed by atoms with Crippen molar-refractivity contribution in [1.82, 2.24) is 15.1 Å². The quantitative estimate of drug-likeness (QED) is 0.799. The van der Waals surface area contributed by atoms with E-state index in [1.165, 1.54) is 0 Å². The molecule has 0 aliphatic rings. The van der Waals surface area contributed by atoms with Crippen molar-refractivity contribution < 1.29 is 4.79 Å². The summed E-state index contributed by atoms with van der Waals surface area (Å²) in [6.07, 6.45) is 0. The minimum atomic E-state index is -0.133. The van der Waals surface area contributed by atoms with E-state index >= 15 is 0 Å². The third-order valence-electron chi connectivity index (χ3n) is 3.56. The fraction of sp³-hybridized carbons (Fsp3) is 0.176. The smallest absolute Gasteiger partial charge is 0.251 e. The second kappa shape index (κ2) is 6.20. The van der Waals surface area contributed by atoms with Crippen molar-refractivity contribution in [3.63, 3.8) is 0 Å². The third-order valence-corrected chi connectivity index (χ3v) is 3.81. The van der Waals surface area contributed by atoms with Crippen molar-refractivity contribution in [2.45, 2.75) is 20.0 Å². The number of aryl methyl sites for hydroxylation is 1. The van der Waals surface area contributed by atoms with E-state index in [1.807, 2.05) is 28.9 Å². The summed E-state index contributed by atoms with van der Waals surface area (Å²) in [6, 6.07) is 14.9. The first kappa shape index (κ1) is 14.6. The van der Waals surface area contributed by atoms with Crippen molar-refractivity contribution in [2.75, 3.05) is 0 Å². The Kier molecular flexibility index (Phi) is 4.11. The van der Waals surface area contributed by atoms with Gasteiger partial charge in [0.25, 0.3) is 5.91 Å². The standard InChI is InChI=1S/C17H16ClN3O/c1-2-21-16-6-4-3-5-14(16)15(20-21)11-19-17(22)12-7-9-13(18)10-8-12/h3-10H,2,11H2,1H3,(H,19,22). The highest BCUT2D eigenvalue weighted by Gasteiger charge is 2.11. The average Bonchev–Trinajstić information content (AvgIpc) is 2.91. The molecule has 4 nitrogen and oxygen atoms in total. The van der Waals surface area contributed by atoms with Gasteiger partial charge in [-0.3, -0.25) is 9.48 Å². The summed E-state index contributed by atoms with van der Waals surface area (Å²) in [6.45, 7) is 3.25. The molecule has 0 unspecified atom stereocenters. The molecule has 5 heteroatoms. The molecule has 1 heterocycles. The molecule has 112 valence electrons. The van der Waals surface area contributed by atoms with Crippen LogP contribution in [0.2, 0.25) is 5.02 Å². The van der Waals surface area contributed by atoms with Gasteiger partial charge in [0.1, 0.15) is 0 Å². The molecule has 0 bridgehead atoms. The molecule has 0 spiro atoms. The molecule has 0 aliphatic carbocycles. The summed E-state index contributed by atoms with van der Waals surface area (Å²) in [4.78, 5) is 12.2. The Labute approximate surface area is 133 Å². The second-order valence-corrected chi connectivity index (χ2v) is 5.41. The Balaban J connectivity index is 1.79. The monoisotopic (exact) mass is 313 g/mol. The highest BCUT2D eigenvalue weighted by molar-refractivity contribution is 6.30. The van der Waals surface area contributed by atoms with Crippen molar-refractivity contribution in [1.29, 1.82) is 0 Å². The zero-order valence-corrected chi connectivity index (χ0v) is 13.0. The van der Waals surface area contributed by atoms with Gasteiger partial charge in [0.05, 0.1) is 17.8 Å². The summed E-state index contributed by atoms with van der Waals surface area (Å²) >= 11 is 5.83. The number of carbonyl (C=O) groups excluding carboxylic acids is 1. The number of hydrogen-bond donors (Lipinski definition) is 1. The third kappa shape index (κ3) is 2.83. The maximum atomic E-state index is 12.2. The van der Waals surface area contributed by atoms with Crippen LogP contribution in [-0.2, 0) is 13.1 Å². The van der Waals surface area contributed by atoms with Crippen molar-refractivity contribution in [3.8, 4) is 0 Å². The molecule has 1 amide bonds. The SMILES string of the molecule is CCn1nc(CNC(=O)c2ccc(Cl)cc2)c2ccccc21. The number of nitrogens with one attached hydrogen (secondary N) is 1. The molecule has 0 radical (unpaired) electrons. The molecule has 1 aromatic heterocycles. The van der Waals surface area contributed by atoms with Gasteiger partial charge >= 0.3 is 0 Å². The van der Waals surface area contributed by atoms with Crippen LogP contribution in [0.15, 0.2) is 48.5 Å². The van der Waals surface area contributed by atoms with Gasteiger partial charge in [0.15, 0.2) is 0 Å². The number of amides is 1. The minimum Gasteiger partial charge on any atom is -0.346 e. The first-order valence-electron chi connectivity index (χ1n) is 7.17. The molecular formula is C17H16ClN3O. The lowest BCUT2D eigenvalue weighted by atomic mass is 10.2. The minimum absolute atomic E-state index is 0.133. The van der Waals surface area contributed by atoms with E-state index in [1.54, 1.807) is 24.3 Å². The summed E-state index contributed by atoms with van der Waals surface area (Å²) in [5, 5.41) is 9.16. The van der Waals surface area contributed by atoms with Gasteiger partial charge in [0.2, 0.25) is 0 Å². The highest BCUT2D eigenvalue weighted by Crippen LogP contribution is 2.18. The zero-order valence-electron chi connectivity index (χ0n) is 12.2. The Morgan fingerprint density at radius 2 is 1.91 bits per heavy atom. The number of fused-ring (bicyclic) bond motifs is 1. The Morgan fingerprint density at radius 1 is 1.18 bits per heavy atom. The van der Waals surface area contributed by atoms with E-state index in [0.29, 0.717) is 17.1 Å². The van der Waals surface area contributed by atoms with E-state index < -0.39 is 0 Å². The zero-order chi connectivity index (χ0) is 15.5. The topological polar surface area (TPSA) is 46.9 Å². The van der Waals surface area contributed by atoms with Gasteiger partial charge in [-0.25, -0.2) is 0 Å². The number of hydrogen-bond acceptors (Lipinski definition) is 2. The predicted molar refractivity (Wildman–Crippen MR) is 88.0 cm³/mol. The fourth-order valence-electron chi connectivity index (χ4n) is 2.44. The molecule has 0 aliphatic heterocycles. The van der Waals surface area contributed by atoms with Crippen LogP contribution in [-0.4, -0.2) is 15.7 Å². The van der Waals surface area contributed by atoms with Crippen LogP contribution in [0.4, 0.5) is 0 Å². The van der Waals surface area contributed by atoms with Crippen LogP contribution >= 0.6 is 11.6 Å². The Bertz CT molecular complexity index is 808. The molecular weight excluding hydrogens is 298 g/mol. The van der Waals surface area contributed by atoms with Crippen LogP contribution in [0.25, 0.3) is 10.9 Å². The van der Waals surface area contributed by atoms with Crippen LogP contribution in [0, 0.1) is 0 Å². The summed E-state index contributed by atoms with van der Waals surface area (Å²) < 4.78 is 1.94. The van der Waals surface area contributed by atoms with Crippen molar-refractivity contribution >= 4 is 28.4 Å². The lowest BCUT2D eigenvalue weighted by molar-refractivity contribution is 0.0950. The number of para-hydroxylation sites is 1. The molecule has 1 N–H and O–H groups in total. The lowest BCUT2D eigenvalue weighted by Gasteiger charge is -2.04. The van der Waals surface area contributed by atoms with Gasteiger partial charge < -0.3 is 5.32 Å². The van der Waals surface area contributed by atoms with Crippen molar-refractivity contribution in [3.05, 3.63) is 64.8 Å². The van der Waals surface area contributed by atoms with Gasteiger partial charge in [-0.2, -0.15) is 5.10 Å². The average molecular weight is 314 g/mol. The Hall–Kier alpha value is -2.33. The van der Waals surface area contributed by atoms with Gasteiger partial charge in [-0.15, -0.1) is 0 Å². The molecule has 0 saturated heterocycles. The van der Waals surface area contributed by atoms with E-state index in [2.05, 4.69) is 17.3 Å². The maximum Gasteiger partial charge on any atom is 0.251 e. The van der Waals surface area contributed by atoms with Crippen LogP contribution in [0.3, 0.4) is 0 Å². The van der Waals surface area contributed by atoms with E-state index in [4.69, 9.17) is 11.6 Å². The predicted octanol–water partition coefficient (Wildman–Crippen LogP) is 3.64. The molecule has 3 rings (SSSR count). The summed E-state index contributed by atoms with van der Waals surface area (Å²) in [5.41, 5.74) is 2.55. The number of carbonyl (C=O) groups is 1. The molecule has 0 atom stereocenters. The van der Waals surface area contributed by atoms with Gasteiger partial charge in [-0.1, -0.05) is 29.8 Å². The molecule has 3 aromatic rings. The first-order valence-corrected chi connectivity index (χ1v) is 7.55. The van der Waals surface area contributed by atoms with Crippen LogP contribution < -0.4 is 5.32 Å². The van der Waals surface area contributed by atoms with Crippen LogP contribution in [0.5, 0.6) is 0 Å². The number of nitrogens with zero attached hydrogens (tertiary/aromatic N) is 2. The number of halogens is 1. The van der Waals surface area contributed by atoms with Gasteiger partial charge in [-0.05, 0) is 37.3 Å². The second-order valence-electron chi connectivity index (χ2n) is 4.97. The first-order chi connectivity index (χ1) is 10.7. The lowest BCUT2D eigenvalue weighted by Crippen LogP contribution is -2.23. The maximum absolute atomic E-state index is 12.2. The van der Waals surface area contributed by atoms with Crippen LogP contribution in [0.1, 0.15) is 23.0 Å². The van der Waals surface area contributed by atoms with Gasteiger partial charge in [0, 0.05) is 22.5 Å². The highest BCUT2D eigenvalue weighted by atomic mass is 35.5. The molecule has 22 heavy (non-hydrogen) atoms. The van der Waals surface area contributed by atoms with E-state index in [0.717, 1.165) is 23.1 Å². The molecule has 0 fully saturated rings. The van der Waals surface area contributed by atoms with E-state index in [9.17, 15) is 4.79 Å². The van der Waals surface area contributed by atoms with Crippen molar-refractivity contribution in [2.24, 2.45) is 0 Å². The molecule has 2 aromatic carbocycles. The summed E-state index contributed by atoms with van der Waals surface area (Å²) in [5.74, 6) is -0.133. The van der Waals surface area contributed by atoms with E-state index in [-0.39, 0.29) is 5.91 Å². The molecule has 0 saturated carbocycles. The Morgan fingerprint density at radius 3 is 2.64 bits per heavy atom.